The van der Waals surface area contributed by atoms with Gasteiger partial charge in [-0.1, -0.05) is 6.07 Å². The molecule has 2 fully saturated rings. The third kappa shape index (κ3) is 5.02. The summed E-state index contributed by atoms with van der Waals surface area (Å²) in [5.41, 5.74) is 0.408. The standard InChI is InChI=1S/C27H32O15/c1-38-17-5-11(6-18-20(17)14(31)7-16(40-18)10-2-3-12(29)13(30)4-10)41-27(26-24(36)21(33)15(32)9-39-26)25(37)23(35)22(34)19(8-28)42-27/h2-6,15-16,19,21-26,28-30,32-37H,7-9H2,1H3/t15-,16-,19-,21-,22-,23+,24-,25+,26-,27+/m1/s1. The van der Waals surface area contributed by atoms with Gasteiger partial charge in [-0.05, 0) is 17.7 Å². The number of hydrogen-bond donors (Lipinski definition) is 9. The number of ether oxygens (including phenoxy) is 5. The van der Waals surface area contributed by atoms with E-state index in [4.69, 9.17) is 23.7 Å². The van der Waals surface area contributed by atoms with Crippen LogP contribution in [0, 0.1) is 0 Å². The quantitative estimate of drug-likeness (QED) is 0.161. The van der Waals surface area contributed by atoms with E-state index in [9.17, 15) is 50.8 Å². The van der Waals surface area contributed by atoms with Gasteiger partial charge in [0.2, 0.25) is 0 Å². The third-order valence-corrected chi connectivity index (χ3v) is 7.71. The Morgan fingerprint density at radius 1 is 0.952 bits per heavy atom. The van der Waals surface area contributed by atoms with Gasteiger partial charge in [0.1, 0.15) is 65.5 Å². The maximum absolute atomic E-state index is 13.2. The van der Waals surface area contributed by atoms with Crippen molar-refractivity contribution >= 4 is 5.78 Å². The fourth-order valence-corrected chi connectivity index (χ4v) is 5.43. The minimum Gasteiger partial charge on any atom is -0.504 e. The molecule has 0 spiro atoms. The molecule has 2 aromatic rings. The Kier molecular flexibility index (Phi) is 8.23. The minimum absolute atomic E-state index is 0.0280. The number of rotatable bonds is 6. The van der Waals surface area contributed by atoms with Crippen LogP contribution in [0.4, 0.5) is 0 Å². The number of carbonyl (C=O) groups is 1. The number of aliphatic hydroxyl groups is 7. The highest BCUT2D eigenvalue weighted by Gasteiger charge is 2.64. The second-order valence-electron chi connectivity index (χ2n) is 10.4. The van der Waals surface area contributed by atoms with Gasteiger partial charge in [-0.15, -0.1) is 0 Å². The molecule has 0 aromatic heterocycles. The highest BCUT2D eigenvalue weighted by Crippen LogP contribution is 2.46. The summed E-state index contributed by atoms with van der Waals surface area (Å²) in [5.74, 6) is -4.10. The molecular weight excluding hydrogens is 564 g/mol. The van der Waals surface area contributed by atoms with Crippen LogP contribution in [-0.4, -0.2) is 127 Å². The molecule has 0 aliphatic carbocycles. The highest BCUT2D eigenvalue weighted by molar-refractivity contribution is 6.02. The first-order valence-corrected chi connectivity index (χ1v) is 13.0. The van der Waals surface area contributed by atoms with Crippen LogP contribution in [0.3, 0.4) is 0 Å². The predicted molar refractivity (Wildman–Crippen MR) is 136 cm³/mol. The Morgan fingerprint density at radius 3 is 2.36 bits per heavy atom. The van der Waals surface area contributed by atoms with Crippen LogP contribution in [0.2, 0.25) is 0 Å². The van der Waals surface area contributed by atoms with Crippen LogP contribution in [0.1, 0.15) is 28.4 Å². The van der Waals surface area contributed by atoms with Crippen LogP contribution >= 0.6 is 0 Å². The predicted octanol–water partition coefficient (Wildman–Crippen LogP) is -2.16. The van der Waals surface area contributed by atoms with E-state index >= 15 is 0 Å². The van der Waals surface area contributed by atoms with Gasteiger partial charge >= 0.3 is 0 Å². The maximum atomic E-state index is 13.2. The number of ketones is 1. The van der Waals surface area contributed by atoms with Gasteiger partial charge in [0, 0.05) is 12.1 Å². The zero-order chi connectivity index (χ0) is 30.5. The summed E-state index contributed by atoms with van der Waals surface area (Å²) < 4.78 is 28.7. The average molecular weight is 597 g/mol. The van der Waals surface area contributed by atoms with Gasteiger partial charge < -0.3 is 69.6 Å². The zero-order valence-electron chi connectivity index (χ0n) is 22.2. The number of methoxy groups -OCH3 is 1. The summed E-state index contributed by atoms with van der Waals surface area (Å²) in [4.78, 5) is 13.2. The Hall–Kier alpha value is -3.25. The monoisotopic (exact) mass is 596 g/mol. The third-order valence-electron chi connectivity index (χ3n) is 7.71. The number of aromatic hydroxyl groups is 2. The van der Waals surface area contributed by atoms with Gasteiger partial charge in [-0.25, -0.2) is 0 Å². The molecule has 0 unspecified atom stereocenters. The Morgan fingerprint density at radius 2 is 1.69 bits per heavy atom. The molecule has 10 atom stereocenters. The Balaban J connectivity index is 1.57. The normalized spacial score (nSPS) is 36.6. The van der Waals surface area contributed by atoms with Gasteiger partial charge in [0.25, 0.3) is 5.79 Å². The van der Waals surface area contributed by atoms with E-state index in [1.807, 2.05) is 0 Å². The summed E-state index contributed by atoms with van der Waals surface area (Å²) in [6.45, 7) is -1.41. The smallest absolute Gasteiger partial charge is 0.268 e. The molecule has 2 saturated heterocycles. The van der Waals surface area contributed by atoms with Gasteiger partial charge in [0.05, 0.1) is 26.7 Å². The fourth-order valence-electron chi connectivity index (χ4n) is 5.43. The number of carbonyl (C=O) groups excluding carboxylic acids is 1. The summed E-state index contributed by atoms with van der Waals surface area (Å²) >= 11 is 0. The molecule has 0 saturated carbocycles. The molecule has 15 heteroatoms. The Bertz CT molecular complexity index is 1320. The number of phenolic OH excluding ortho intramolecular Hbond substituents is 2. The van der Waals surface area contributed by atoms with Crippen molar-refractivity contribution in [3.63, 3.8) is 0 Å². The van der Waals surface area contributed by atoms with E-state index in [2.05, 4.69) is 0 Å². The second-order valence-corrected chi connectivity index (χ2v) is 10.4. The van der Waals surface area contributed by atoms with Gasteiger partial charge in [-0.2, -0.15) is 0 Å². The molecule has 0 amide bonds. The first kappa shape index (κ1) is 30.2. The summed E-state index contributed by atoms with van der Waals surface area (Å²) in [6, 6.07) is 6.39. The van der Waals surface area contributed by atoms with Crippen LogP contribution in [0.5, 0.6) is 28.7 Å². The average Bonchev–Trinajstić information content (AvgIpc) is 2.97. The molecule has 3 aliphatic heterocycles. The van der Waals surface area contributed by atoms with E-state index < -0.39 is 85.5 Å². The van der Waals surface area contributed by atoms with Crippen LogP contribution < -0.4 is 14.2 Å². The molecule has 0 bridgehead atoms. The van der Waals surface area contributed by atoms with Crippen molar-refractivity contribution in [3.05, 3.63) is 41.5 Å². The van der Waals surface area contributed by atoms with E-state index in [0.717, 1.165) is 0 Å². The number of hydrogen-bond acceptors (Lipinski definition) is 15. The van der Waals surface area contributed by atoms with Gasteiger partial charge in [-0.3, -0.25) is 4.79 Å². The van der Waals surface area contributed by atoms with Crippen molar-refractivity contribution in [3.8, 4) is 28.7 Å². The van der Waals surface area contributed by atoms with Crippen molar-refractivity contribution < 1.29 is 74.4 Å². The zero-order valence-corrected chi connectivity index (χ0v) is 22.2. The van der Waals surface area contributed by atoms with E-state index in [1.54, 1.807) is 0 Å². The first-order valence-electron chi connectivity index (χ1n) is 13.0. The van der Waals surface area contributed by atoms with Crippen LogP contribution in [-0.2, 0) is 9.47 Å². The van der Waals surface area contributed by atoms with Gasteiger partial charge in [0.15, 0.2) is 29.5 Å². The van der Waals surface area contributed by atoms with Crippen LogP contribution in [0.25, 0.3) is 0 Å². The SMILES string of the molecule is COc1cc(O[C@]2([C@@H]3OC[C@@H](O)[C@@H](O)[C@H]3O)O[C@H](CO)[C@@H](O)[C@H](O)[C@@H]2O)cc2c1C(=O)C[C@H](c1ccc(O)c(O)c1)O2. The molecule has 0 radical (unpaired) electrons. The van der Waals surface area contributed by atoms with Crippen LogP contribution in [0.15, 0.2) is 30.3 Å². The lowest BCUT2D eigenvalue weighted by Crippen LogP contribution is -2.76. The summed E-state index contributed by atoms with van der Waals surface area (Å²) in [7, 11) is 1.27. The molecule has 230 valence electrons. The van der Waals surface area contributed by atoms with Crippen molar-refractivity contribution in [2.45, 2.75) is 67.1 Å². The minimum atomic E-state index is -2.60. The lowest BCUT2D eigenvalue weighted by atomic mass is 9.84. The molecule has 3 heterocycles. The number of phenols is 2. The number of benzene rings is 2. The molecule has 15 nitrogen and oxygen atoms in total. The number of aliphatic hydroxyl groups excluding tert-OH is 7. The summed E-state index contributed by atoms with van der Waals surface area (Å²) in [6.07, 6.45) is -15.6. The highest BCUT2D eigenvalue weighted by atomic mass is 16.7. The molecule has 42 heavy (non-hydrogen) atoms. The van der Waals surface area contributed by atoms with Crippen molar-refractivity contribution in [2.75, 3.05) is 20.3 Å². The molecule has 2 aromatic carbocycles. The topological polar surface area (TPSA) is 245 Å². The van der Waals surface area contributed by atoms with E-state index in [1.165, 1.54) is 37.4 Å². The van der Waals surface area contributed by atoms with E-state index in [0.29, 0.717) is 5.56 Å². The fraction of sp³-hybridized carbons (Fsp3) is 0.519. The summed E-state index contributed by atoms with van der Waals surface area (Å²) in [5, 5.41) is 92.7. The molecule has 9 N–H and O–H groups in total. The number of Topliss-reactive ketones (excluding diaryl/α,β-unsaturated/α-hetero) is 1. The maximum Gasteiger partial charge on any atom is 0.268 e. The molecule has 3 aliphatic rings. The lowest BCUT2D eigenvalue weighted by Gasteiger charge is -2.53. The van der Waals surface area contributed by atoms with Crippen molar-refractivity contribution in [1.29, 1.82) is 0 Å². The number of fused-ring (bicyclic) bond motifs is 1. The molecular formula is C27H32O15. The van der Waals surface area contributed by atoms with Crippen molar-refractivity contribution in [1.82, 2.24) is 0 Å². The first-order chi connectivity index (χ1) is 19.9. The second kappa shape index (κ2) is 11.4. The lowest BCUT2D eigenvalue weighted by molar-refractivity contribution is -0.388. The van der Waals surface area contributed by atoms with Crippen molar-refractivity contribution in [2.24, 2.45) is 0 Å². The van der Waals surface area contributed by atoms with E-state index in [-0.39, 0.29) is 35.0 Å². The molecule has 5 rings (SSSR count). The largest absolute Gasteiger partial charge is 0.504 e. The Labute approximate surface area is 238 Å².